The van der Waals surface area contributed by atoms with Crippen molar-refractivity contribution in [1.82, 2.24) is 15.1 Å². The summed E-state index contributed by atoms with van der Waals surface area (Å²) in [5.41, 5.74) is 0.714. The average molecular weight is 484 g/mol. The fraction of sp³-hybridized carbons (Fsp3) is 0.304. The Balaban J connectivity index is 1.17. The van der Waals surface area contributed by atoms with Crippen molar-refractivity contribution in [3.05, 3.63) is 52.8 Å². The van der Waals surface area contributed by atoms with E-state index in [0.717, 1.165) is 16.7 Å². The zero-order valence-corrected chi connectivity index (χ0v) is 18.8. The molecule has 176 valence electrons. The predicted molar refractivity (Wildman–Crippen MR) is 121 cm³/mol. The summed E-state index contributed by atoms with van der Waals surface area (Å²) >= 11 is 0.847. The monoisotopic (exact) mass is 483 g/mol. The highest BCUT2D eigenvalue weighted by Crippen LogP contribution is 2.36. The van der Waals surface area contributed by atoms with Crippen LogP contribution in [-0.2, 0) is 9.59 Å². The minimum absolute atomic E-state index is 0.0355. The van der Waals surface area contributed by atoms with Gasteiger partial charge in [0.25, 0.3) is 17.1 Å². The van der Waals surface area contributed by atoms with Gasteiger partial charge in [-0.15, -0.1) is 0 Å². The summed E-state index contributed by atoms with van der Waals surface area (Å²) in [6.07, 6.45) is 4.29. The Hall–Kier alpha value is -3.73. The van der Waals surface area contributed by atoms with E-state index in [0.29, 0.717) is 41.4 Å². The van der Waals surface area contributed by atoms with E-state index in [4.69, 9.17) is 13.9 Å². The molecule has 0 aliphatic carbocycles. The standard InChI is InChI=1S/C23H21N3O7S/c27-20(15-3-1-8-25(15)21(28)17-4-2-10-31-17)24-7-9-26-22(29)19(34-23(26)30)12-14-5-6-16-18(11-14)33-13-32-16/h2,4-6,10-12,15H,1,3,7-9,13H2,(H,24,27)/b19-12+/t15-/m0/s1. The number of furan rings is 1. The molecule has 2 aromatic rings. The lowest BCUT2D eigenvalue weighted by atomic mass is 10.2. The second kappa shape index (κ2) is 9.26. The third kappa shape index (κ3) is 4.26. The number of imide groups is 1. The van der Waals surface area contributed by atoms with Crippen LogP contribution in [-0.4, -0.2) is 65.2 Å². The van der Waals surface area contributed by atoms with Crippen LogP contribution in [0, 0.1) is 0 Å². The molecule has 1 N–H and O–H groups in total. The first-order valence-corrected chi connectivity index (χ1v) is 11.6. The van der Waals surface area contributed by atoms with Crippen molar-refractivity contribution < 1.29 is 33.1 Å². The van der Waals surface area contributed by atoms with Gasteiger partial charge in [0.05, 0.1) is 11.2 Å². The second-order valence-corrected chi connectivity index (χ2v) is 8.86. The summed E-state index contributed by atoms with van der Waals surface area (Å²) in [7, 11) is 0. The molecule has 1 atom stereocenters. The van der Waals surface area contributed by atoms with Crippen LogP contribution >= 0.6 is 11.8 Å². The van der Waals surface area contributed by atoms with Crippen LogP contribution in [0.15, 0.2) is 45.9 Å². The maximum Gasteiger partial charge on any atom is 0.293 e. The summed E-state index contributed by atoms with van der Waals surface area (Å²) < 4.78 is 15.8. The predicted octanol–water partition coefficient (Wildman–Crippen LogP) is 2.47. The summed E-state index contributed by atoms with van der Waals surface area (Å²) in [5.74, 6) is 0.335. The van der Waals surface area contributed by atoms with Gasteiger partial charge in [-0.3, -0.25) is 24.1 Å². The van der Waals surface area contributed by atoms with Gasteiger partial charge in [0, 0.05) is 19.6 Å². The van der Waals surface area contributed by atoms with Crippen LogP contribution in [0.2, 0.25) is 0 Å². The minimum Gasteiger partial charge on any atom is -0.459 e. The topological polar surface area (TPSA) is 118 Å². The molecule has 3 aliphatic heterocycles. The molecule has 3 aliphatic rings. The first-order valence-electron chi connectivity index (χ1n) is 10.8. The highest BCUT2D eigenvalue weighted by atomic mass is 32.2. The molecule has 2 fully saturated rings. The van der Waals surface area contributed by atoms with Crippen LogP contribution in [0.4, 0.5) is 4.79 Å². The fourth-order valence-electron chi connectivity index (χ4n) is 4.08. The van der Waals surface area contributed by atoms with E-state index < -0.39 is 17.2 Å². The summed E-state index contributed by atoms with van der Waals surface area (Å²) in [6, 6.07) is 7.84. The molecule has 0 bridgehead atoms. The number of hydrogen-bond acceptors (Lipinski definition) is 8. The third-order valence-corrected chi connectivity index (χ3v) is 6.66. The lowest BCUT2D eigenvalue weighted by Crippen LogP contribution is -2.47. The Kier molecular flexibility index (Phi) is 6.01. The van der Waals surface area contributed by atoms with E-state index in [2.05, 4.69) is 5.32 Å². The Labute approximate surface area is 198 Å². The van der Waals surface area contributed by atoms with Crippen LogP contribution in [0.1, 0.15) is 29.0 Å². The van der Waals surface area contributed by atoms with E-state index in [1.165, 1.54) is 11.2 Å². The lowest BCUT2D eigenvalue weighted by Gasteiger charge is -2.23. The number of rotatable bonds is 6. The number of carbonyl (C=O) groups excluding carboxylic acids is 4. The molecule has 11 heteroatoms. The second-order valence-electron chi connectivity index (χ2n) is 7.87. The molecule has 0 spiro atoms. The van der Waals surface area contributed by atoms with Gasteiger partial charge in [-0.2, -0.15) is 0 Å². The molecule has 0 radical (unpaired) electrons. The summed E-state index contributed by atoms with van der Waals surface area (Å²) in [5, 5.41) is 2.35. The number of likely N-dealkylation sites (tertiary alicyclic amines) is 1. The first kappa shape index (κ1) is 22.1. The van der Waals surface area contributed by atoms with Crippen molar-refractivity contribution >= 4 is 40.8 Å². The van der Waals surface area contributed by atoms with E-state index >= 15 is 0 Å². The van der Waals surface area contributed by atoms with Crippen LogP contribution in [0.3, 0.4) is 0 Å². The van der Waals surface area contributed by atoms with Gasteiger partial charge in [-0.25, -0.2) is 0 Å². The van der Waals surface area contributed by atoms with Gasteiger partial charge in [0.15, 0.2) is 17.3 Å². The van der Waals surface area contributed by atoms with Gasteiger partial charge in [-0.1, -0.05) is 6.07 Å². The fourth-order valence-corrected chi connectivity index (χ4v) is 4.94. The van der Waals surface area contributed by atoms with E-state index in [9.17, 15) is 19.2 Å². The Morgan fingerprint density at radius 3 is 2.85 bits per heavy atom. The van der Waals surface area contributed by atoms with Crippen molar-refractivity contribution in [2.75, 3.05) is 26.4 Å². The SMILES string of the molecule is O=C(NCCN1C(=O)S/C(=C/c2ccc3c(c2)OCO3)C1=O)[C@@H]1CCCN1C(=O)c1ccco1. The number of nitrogens with one attached hydrogen (secondary N) is 1. The average Bonchev–Trinajstić information content (AvgIpc) is 3.63. The summed E-state index contributed by atoms with van der Waals surface area (Å²) in [4.78, 5) is 53.3. The molecule has 10 nitrogen and oxygen atoms in total. The normalized spacial score (nSPS) is 20.5. The van der Waals surface area contributed by atoms with Gasteiger partial charge in [0.2, 0.25) is 12.7 Å². The number of hydrogen-bond donors (Lipinski definition) is 1. The highest BCUT2D eigenvalue weighted by Gasteiger charge is 2.37. The van der Waals surface area contributed by atoms with Crippen LogP contribution < -0.4 is 14.8 Å². The Morgan fingerprint density at radius 1 is 1.18 bits per heavy atom. The lowest BCUT2D eigenvalue weighted by molar-refractivity contribution is -0.126. The van der Waals surface area contributed by atoms with Gasteiger partial charge in [-0.05, 0) is 60.5 Å². The molecule has 1 aromatic carbocycles. The number of benzene rings is 1. The third-order valence-electron chi connectivity index (χ3n) is 5.75. The molecule has 1 aromatic heterocycles. The minimum atomic E-state index is -0.613. The Bertz CT molecular complexity index is 1180. The van der Waals surface area contributed by atoms with Crippen molar-refractivity contribution in [2.24, 2.45) is 0 Å². The highest BCUT2D eigenvalue weighted by molar-refractivity contribution is 8.18. The molecular formula is C23H21N3O7S. The largest absolute Gasteiger partial charge is 0.459 e. The zero-order valence-electron chi connectivity index (χ0n) is 18.0. The number of carbonyl (C=O) groups is 4. The molecule has 0 saturated carbocycles. The molecule has 4 amide bonds. The van der Waals surface area contributed by atoms with Gasteiger partial charge < -0.3 is 24.1 Å². The maximum atomic E-state index is 12.7. The van der Waals surface area contributed by atoms with Crippen LogP contribution in [0.25, 0.3) is 6.08 Å². The quantitative estimate of drug-likeness (QED) is 0.623. The van der Waals surface area contributed by atoms with Crippen molar-refractivity contribution in [3.63, 3.8) is 0 Å². The van der Waals surface area contributed by atoms with Crippen LogP contribution in [0.5, 0.6) is 11.5 Å². The zero-order chi connectivity index (χ0) is 23.7. The number of fused-ring (bicyclic) bond motifs is 1. The number of nitrogens with zero attached hydrogens (tertiary/aromatic N) is 2. The van der Waals surface area contributed by atoms with Crippen molar-refractivity contribution in [1.29, 1.82) is 0 Å². The first-order chi connectivity index (χ1) is 16.5. The number of thioether (sulfide) groups is 1. The van der Waals surface area contributed by atoms with Crippen molar-refractivity contribution in [2.45, 2.75) is 18.9 Å². The van der Waals surface area contributed by atoms with E-state index in [1.54, 1.807) is 36.4 Å². The number of ether oxygens (including phenoxy) is 2. The Morgan fingerprint density at radius 2 is 2.03 bits per heavy atom. The smallest absolute Gasteiger partial charge is 0.293 e. The molecule has 0 unspecified atom stereocenters. The molecular weight excluding hydrogens is 462 g/mol. The van der Waals surface area contributed by atoms with Crippen molar-refractivity contribution in [3.8, 4) is 11.5 Å². The van der Waals surface area contributed by atoms with Gasteiger partial charge in [0.1, 0.15) is 6.04 Å². The van der Waals surface area contributed by atoms with Gasteiger partial charge >= 0.3 is 0 Å². The molecule has 2 saturated heterocycles. The van der Waals surface area contributed by atoms with E-state index in [1.807, 2.05) is 0 Å². The maximum absolute atomic E-state index is 12.7. The summed E-state index contributed by atoms with van der Waals surface area (Å²) in [6.45, 7) is 0.739. The molecule has 5 rings (SSSR count). The molecule has 4 heterocycles. The molecule has 34 heavy (non-hydrogen) atoms. The van der Waals surface area contributed by atoms with E-state index in [-0.39, 0.29) is 37.5 Å². The number of amides is 4.